The quantitative estimate of drug-likeness (QED) is 0.283. The molecule has 13 heteroatoms. The van der Waals surface area contributed by atoms with Crippen molar-refractivity contribution >= 4 is 50.0 Å². The minimum atomic E-state index is -5.97. The van der Waals surface area contributed by atoms with E-state index in [1.165, 1.54) is 6.20 Å². The van der Waals surface area contributed by atoms with Crippen LogP contribution in [0.3, 0.4) is 0 Å². The zero-order valence-electron chi connectivity index (χ0n) is 11.0. The summed E-state index contributed by atoms with van der Waals surface area (Å²) in [7, 11) is -5.97. The summed E-state index contributed by atoms with van der Waals surface area (Å²) < 4.78 is 78.7. The Kier molecular flexibility index (Phi) is 3.77. The minimum Gasteiger partial charge on any atom is -0.351 e. The van der Waals surface area contributed by atoms with Crippen molar-refractivity contribution < 1.29 is 30.2 Å². The SMILES string of the molecule is O=S(=O)(Oc1nc2cc(Cl)c(F)c(Cl)c2n2ccnc12)C(F)(F)F. The fourth-order valence-electron chi connectivity index (χ4n) is 1.90. The number of imidazole rings is 1. The highest BCUT2D eigenvalue weighted by Crippen LogP contribution is 2.35. The lowest BCUT2D eigenvalue weighted by Gasteiger charge is -2.12. The molecular weight excluding hydrogens is 401 g/mol. The summed E-state index contributed by atoms with van der Waals surface area (Å²) in [5.74, 6) is -1.93. The third-order valence-electron chi connectivity index (χ3n) is 2.88. The van der Waals surface area contributed by atoms with Crippen molar-refractivity contribution in [1.29, 1.82) is 0 Å². The first-order valence-electron chi connectivity index (χ1n) is 5.84. The van der Waals surface area contributed by atoms with E-state index in [1.807, 2.05) is 0 Å². The fourth-order valence-corrected chi connectivity index (χ4v) is 2.85. The molecule has 0 unspecified atom stereocenters. The molecule has 128 valence electrons. The molecule has 0 aliphatic carbocycles. The van der Waals surface area contributed by atoms with E-state index in [2.05, 4.69) is 14.2 Å². The van der Waals surface area contributed by atoms with Gasteiger partial charge in [0.1, 0.15) is 5.02 Å². The first-order valence-corrected chi connectivity index (χ1v) is 8.00. The summed E-state index contributed by atoms with van der Waals surface area (Å²) in [6, 6.07) is 0.963. The van der Waals surface area contributed by atoms with Crippen LogP contribution in [0.4, 0.5) is 17.6 Å². The third kappa shape index (κ3) is 2.52. The van der Waals surface area contributed by atoms with Crippen molar-refractivity contribution in [2.45, 2.75) is 5.51 Å². The molecule has 0 radical (unpaired) electrons. The van der Waals surface area contributed by atoms with Crippen molar-refractivity contribution in [3.05, 3.63) is 34.3 Å². The van der Waals surface area contributed by atoms with Crippen molar-refractivity contribution in [1.82, 2.24) is 14.4 Å². The number of benzene rings is 1. The first kappa shape index (κ1) is 17.0. The van der Waals surface area contributed by atoms with Crippen molar-refractivity contribution in [3.63, 3.8) is 0 Å². The Labute approximate surface area is 140 Å². The number of hydrogen-bond acceptors (Lipinski definition) is 5. The van der Waals surface area contributed by atoms with Gasteiger partial charge in [-0.15, -0.1) is 0 Å². The Bertz CT molecular complexity index is 1080. The van der Waals surface area contributed by atoms with Gasteiger partial charge >= 0.3 is 15.6 Å². The minimum absolute atomic E-state index is 0.0668. The highest BCUT2D eigenvalue weighted by atomic mass is 35.5. The lowest BCUT2D eigenvalue weighted by Crippen LogP contribution is -2.28. The van der Waals surface area contributed by atoms with Crippen LogP contribution in [0, 0.1) is 5.82 Å². The zero-order valence-corrected chi connectivity index (χ0v) is 13.3. The lowest BCUT2D eigenvalue weighted by molar-refractivity contribution is -0.0500. The molecule has 24 heavy (non-hydrogen) atoms. The van der Waals surface area contributed by atoms with Crippen molar-refractivity contribution in [2.75, 3.05) is 0 Å². The Morgan fingerprint density at radius 1 is 1.25 bits per heavy atom. The molecule has 6 nitrogen and oxygen atoms in total. The van der Waals surface area contributed by atoms with Crippen LogP contribution in [-0.4, -0.2) is 28.3 Å². The average Bonchev–Trinajstić information content (AvgIpc) is 2.92. The van der Waals surface area contributed by atoms with Gasteiger partial charge < -0.3 is 4.18 Å². The molecule has 0 saturated heterocycles. The number of rotatable bonds is 2. The number of nitrogens with zero attached hydrogens (tertiary/aromatic N) is 3. The van der Waals surface area contributed by atoms with Gasteiger partial charge in [0.25, 0.3) is 5.88 Å². The van der Waals surface area contributed by atoms with Crippen LogP contribution in [0.5, 0.6) is 5.88 Å². The number of hydrogen-bond donors (Lipinski definition) is 0. The molecule has 0 atom stereocenters. The van der Waals surface area contributed by atoms with E-state index in [-0.39, 0.29) is 11.0 Å². The molecule has 2 aromatic heterocycles. The maximum atomic E-state index is 13.8. The maximum absolute atomic E-state index is 13.8. The highest BCUT2D eigenvalue weighted by Gasteiger charge is 2.49. The molecule has 1 aromatic carbocycles. The van der Waals surface area contributed by atoms with Gasteiger partial charge in [0.2, 0.25) is 5.65 Å². The largest absolute Gasteiger partial charge is 0.534 e. The number of halogens is 6. The molecule has 0 aliphatic rings. The van der Waals surface area contributed by atoms with E-state index in [4.69, 9.17) is 23.2 Å². The summed E-state index contributed by atoms with van der Waals surface area (Å²) >= 11 is 11.5. The Morgan fingerprint density at radius 3 is 2.54 bits per heavy atom. The normalized spacial score (nSPS) is 12.9. The van der Waals surface area contributed by atoms with Crippen LogP contribution >= 0.6 is 23.2 Å². The molecule has 0 spiro atoms. The zero-order chi connectivity index (χ0) is 17.9. The van der Waals surface area contributed by atoms with Gasteiger partial charge in [0.15, 0.2) is 5.82 Å². The molecule has 0 bridgehead atoms. The van der Waals surface area contributed by atoms with Gasteiger partial charge in [-0.3, -0.25) is 4.40 Å². The number of fused-ring (bicyclic) bond motifs is 3. The second kappa shape index (κ2) is 5.33. The molecule has 0 aliphatic heterocycles. The summed E-state index contributed by atoms with van der Waals surface area (Å²) in [6.07, 6.45) is 2.33. The van der Waals surface area contributed by atoms with Crippen molar-refractivity contribution in [2.24, 2.45) is 0 Å². The number of aromatic nitrogens is 3. The summed E-state index contributed by atoms with van der Waals surface area (Å²) in [6.45, 7) is 0. The number of alkyl halides is 3. The van der Waals surface area contributed by atoms with Crippen LogP contribution in [0.15, 0.2) is 18.5 Å². The maximum Gasteiger partial charge on any atom is 0.534 e. The third-order valence-corrected chi connectivity index (χ3v) is 4.45. The summed E-state index contributed by atoms with van der Waals surface area (Å²) in [4.78, 5) is 7.27. The van der Waals surface area contributed by atoms with Crippen LogP contribution in [-0.2, 0) is 10.1 Å². The second-order valence-electron chi connectivity index (χ2n) is 4.38. The Morgan fingerprint density at radius 2 is 1.92 bits per heavy atom. The van der Waals surface area contributed by atoms with Gasteiger partial charge in [-0.05, 0) is 6.07 Å². The fraction of sp³-hybridized carbons (Fsp3) is 0.0909. The topological polar surface area (TPSA) is 73.6 Å². The van der Waals surface area contributed by atoms with Gasteiger partial charge in [-0.2, -0.15) is 21.6 Å². The summed E-state index contributed by atoms with van der Waals surface area (Å²) in [5, 5.41) is -0.915. The standard InChI is InChI=1S/C11H3Cl2F4N3O3S/c12-4-3-5-8(6(13)7(4)14)20-2-1-18-9(20)10(19-5)23-24(21,22)11(15,16)17/h1-3H. The van der Waals surface area contributed by atoms with Gasteiger partial charge in [-0.1, -0.05) is 23.2 Å². The van der Waals surface area contributed by atoms with E-state index >= 15 is 0 Å². The Balaban J connectivity index is 2.34. The van der Waals surface area contributed by atoms with Crippen LogP contribution in [0.25, 0.3) is 16.7 Å². The van der Waals surface area contributed by atoms with E-state index in [0.29, 0.717) is 0 Å². The molecule has 2 heterocycles. The molecule has 3 rings (SSSR count). The van der Waals surface area contributed by atoms with E-state index < -0.39 is 43.0 Å². The average molecular weight is 404 g/mol. The monoisotopic (exact) mass is 403 g/mol. The molecule has 0 N–H and O–H groups in total. The lowest BCUT2D eigenvalue weighted by atomic mass is 10.3. The van der Waals surface area contributed by atoms with Crippen molar-refractivity contribution in [3.8, 4) is 5.88 Å². The smallest absolute Gasteiger partial charge is 0.351 e. The van der Waals surface area contributed by atoms with E-state index in [1.54, 1.807) is 0 Å². The molecular formula is C11H3Cl2F4N3O3S. The van der Waals surface area contributed by atoms with Gasteiger partial charge in [0.05, 0.1) is 16.1 Å². The van der Waals surface area contributed by atoms with Crippen LogP contribution in [0.1, 0.15) is 0 Å². The van der Waals surface area contributed by atoms with Crippen LogP contribution < -0.4 is 4.18 Å². The van der Waals surface area contributed by atoms with E-state index in [0.717, 1.165) is 16.7 Å². The molecule has 0 amide bonds. The highest BCUT2D eigenvalue weighted by molar-refractivity contribution is 7.88. The predicted octanol–water partition coefficient (Wildman–Crippen LogP) is 3.56. The summed E-state index contributed by atoms with van der Waals surface area (Å²) in [5.41, 5.74) is -6.32. The van der Waals surface area contributed by atoms with Gasteiger partial charge in [-0.25, -0.2) is 14.4 Å². The second-order valence-corrected chi connectivity index (χ2v) is 6.70. The molecule has 0 fully saturated rings. The van der Waals surface area contributed by atoms with Crippen LogP contribution in [0.2, 0.25) is 10.0 Å². The molecule has 3 aromatic rings. The Hall–Kier alpha value is -1.85. The first-order chi connectivity index (χ1) is 11.0. The molecule has 0 saturated carbocycles. The predicted molar refractivity (Wildman–Crippen MR) is 76.1 cm³/mol. The van der Waals surface area contributed by atoms with E-state index in [9.17, 15) is 26.0 Å². The van der Waals surface area contributed by atoms with Gasteiger partial charge in [0, 0.05) is 12.4 Å².